The van der Waals surface area contributed by atoms with E-state index in [1.54, 1.807) is 131 Å². The lowest BCUT2D eigenvalue weighted by molar-refractivity contribution is -0.141. The van der Waals surface area contributed by atoms with Crippen molar-refractivity contribution in [3.8, 4) is 11.8 Å². The molecule has 0 unspecified atom stereocenters. The monoisotopic (exact) mass is 1320 g/mol. The van der Waals surface area contributed by atoms with Gasteiger partial charge in [-0.2, -0.15) is 0 Å². The van der Waals surface area contributed by atoms with Crippen LogP contribution < -0.4 is 65.1 Å². The van der Waals surface area contributed by atoms with Crippen LogP contribution in [0.5, 0.6) is 0 Å². The number of fused-ring (bicyclic) bond motifs is 4. The number of carboxylic acid groups (broad SMARTS) is 1. The lowest BCUT2D eigenvalue weighted by Crippen LogP contribution is -2.61. The van der Waals surface area contributed by atoms with E-state index >= 15 is 0 Å². The van der Waals surface area contributed by atoms with Crippen LogP contribution in [-0.4, -0.2) is 167 Å². The second-order valence-corrected chi connectivity index (χ2v) is 24.3. The van der Waals surface area contributed by atoms with Gasteiger partial charge >= 0.3 is 5.97 Å². The van der Waals surface area contributed by atoms with Gasteiger partial charge in [0, 0.05) is 42.7 Å². The van der Waals surface area contributed by atoms with Crippen molar-refractivity contribution in [1.82, 2.24) is 47.4 Å². The van der Waals surface area contributed by atoms with Gasteiger partial charge < -0.3 is 80.2 Å². The fraction of sp³-hybridized carbons (Fsp3) is 0.449. The van der Waals surface area contributed by atoms with E-state index in [1.807, 2.05) is 0 Å². The maximum Gasteiger partial charge on any atom is 0.305 e. The Balaban J connectivity index is 1.43. The molecule has 10 atom stereocenters. The van der Waals surface area contributed by atoms with Crippen LogP contribution in [-0.2, 0) is 60.8 Å². The van der Waals surface area contributed by atoms with Crippen molar-refractivity contribution in [1.29, 1.82) is 0 Å². The summed E-state index contributed by atoms with van der Waals surface area (Å²) in [6.07, 6.45) is 0.379. The number of aliphatic imine (C=N–C) groups is 1. The van der Waals surface area contributed by atoms with Crippen LogP contribution in [0.15, 0.2) is 114 Å². The Labute approximate surface area is 558 Å². The second-order valence-electron chi connectivity index (χ2n) is 24.3. The number of benzene rings is 4. The number of aliphatic carboxylic acids is 1. The average molecular weight is 1320 g/mol. The molecule has 0 saturated carbocycles. The van der Waals surface area contributed by atoms with E-state index in [1.165, 1.54) is 11.0 Å². The van der Waals surface area contributed by atoms with Gasteiger partial charge in [0.25, 0.3) is 5.91 Å². The van der Waals surface area contributed by atoms with Gasteiger partial charge in [0.1, 0.15) is 54.4 Å². The third-order valence-corrected chi connectivity index (χ3v) is 16.4. The van der Waals surface area contributed by atoms with Crippen molar-refractivity contribution in [2.24, 2.45) is 34.0 Å². The number of nitrogens with two attached hydrogens (primary N) is 3. The van der Waals surface area contributed by atoms with Crippen molar-refractivity contribution < 1.29 is 63.0 Å². The van der Waals surface area contributed by atoms with Gasteiger partial charge in [-0.1, -0.05) is 125 Å². The van der Waals surface area contributed by atoms with Crippen molar-refractivity contribution in [2.75, 3.05) is 31.6 Å². The summed E-state index contributed by atoms with van der Waals surface area (Å²) in [6.45, 7) is 6.50. The second kappa shape index (κ2) is 37.6. The van der Waals surface area contributed by atoms with E-state index in [9.17, 15) is 63.0 Å². The van der Waals surface area contributed by atoms with E-state index in [-0.39, 0.29) is 93.3 Å². The first-order valence-electron chi connectivity index (χ1n) is 32.4. The molecule has 6 rings (SSSR count). The van der Waals surface area contributed by atoms with Crippen molar-refractivity contribution in [3.05, 3.63) is 137 Å². The molecule has 96 heavy (non-hydrogen) atoms. The highest BCUT2D eigenvalue weighted by Gasteiger charge is 2.40. The molecule has 4 aromatic carbocycles. The number of carbonyl (C=O) groups is 11. The normalized spacial score (nSPS) is 22.7. The maximum atomic E-state index is 14.9. The predicted molar refractivity (Wildman–Crippen MR) is 358 cm³/mol. The molecule has 10 amide bonds. The first kappa shape index (κ1) is 74.8. The number of guanidine groups is 1. The molecule has 0 aromatic heterocycles. The zero-order chi connectivity index (χ0) is 69.8. The van der Waals surface area contributed by atoms with Crippen LogP contribution in [0.2, 0.25) is 0 Å². The van der Waals surface area contributed by atoms with E-state index in [0.29, 0.717) is 42.4 Å². The average Bonchev–Trinajstić information content (AvgIpc) is 1.56. The summed E-state index contributed by atoms with van der Waals surface area (Å²) >= 11 is 0. The number of carboxylic acids is 1. The molecule has 0 spiro atoms. The van der Waals surface area contributed by atoms with Gasteiger partial charge in [0.15, 0.2) is 5.96 Å². The molecule has 0 aliphatic carbocycles. The van der Waals surface area contributed by atoms with Crippen LogP contribution in [0, 0.1) is 23.7 Å². The molecule has 1 saturated heterocycles. The lowest BCUT2D eigenvalue weighted by Gasteiger charge is -2.30. The van der Waals surface area contributed by atoms with Crippen molar-refractivity contribution in [2.45, 2.75) is 159 Å². The van der Waals surface area contributed by atoms with Gasteiger partial charge in [0.05, 0.1) is 18.6 Å². The summed E-state index contributed by atoms with van der Waals surface area (Å²) in [7, 11) is 0. The summed E-state index contributed by atoms with van der Waals surface area (Å²) in [5, 5.41) is 44.8. The molecule has 514 valence electrons. The maximum absolute atomic E-state index is 14.9. The SMILES string of the molecule is CC[C@H](C)[C@@H]1NC(=O)[C@H](Cc2ccccc2)NC(=O)[C@H](CC(C)C)NC(=O)[C@H](CC(=O)O)NC(=O)[C@H](Cc2ccccc2)NC(=O)[C@@H]2CCCN2C(=O)c2ccccc2C#Cc2cccc(c2)NC(=O)[C@H](CO)NC(=O)[C@H](CCCCN)NC(=O)[C@H](CCCN=C(N)N)NC1=O. The molecule has 27 nitrogen and oxygen atoms in total. The van der Waals surface area contributed by atoms with Crippen molar-refractivity contribution >= 4 is 76.7 Å². The number of unbranched alkanes of at least 4 members (excludes halogenated alkanes) is 1. The lowest BCUT2D eigenvalue weighted by atomic mass is 9.96. The zero-order valence-corrected chi connectivity index (χ0v) is 54.6. The van der Waals surface area contributed by atoms with Gasteiger partial charge in [0.2, 0.25) is 53.2 Å². The van der Waals surface area contributed by atoms with Gasteiger partial charge in [-0.15, -0.1) is 0 Å². The molecule has 4 aromatic rings. The van der Waals surface area contributed by atoms with Crippen LogP contribution >= 0.6 is 0 Å². The van der Waals surface area contributed by atoms with E-state index in [4.69, 9.17) is 17.2 Å². The Bertz CT molecular complexity index is 3470. The smallest absolute Gasteiger partial charge is 0.305 e. The van der Waals surface area contributed by atoms with Crippen LogP contribution in [0.1, 0.15) is 125 Å². The molecule has 27 heteroatoms. The predicted octanol–water partition coefficient (Wildman–Crippen LogP) is 0.749. The van der Waals surface area contributed by atoms with Crippen LogP contribution in [0.25, 0.3) is 0 Å². The molecule has 2 aliphatic heterocycles. The quantitative estimate of drug-likeness (QED) is 0.0267. The molecule has 17 N–H and O–H groups in total. The molecule has 2 aliphatic rings. The summed E-state index contributed by atoms with van der Waals surface area (Å²) in [4.78, 5) is 163. The topological polar surface area (TPSA) is 430 Å². The Morgan fingerprint density at radius 3 is 1.73 bits per heavy atom. The third kappa shape index (κ3) is 23.1. The Morgan fingerprint density at radius 2 is 1.12 bits per heavy atom. The van der Waals surface area contributed by atoms with E-state index in [0.717, 1.165) is 0 Å². The molecule has 2 bridgehead atoms. The number of amides is 10. The minimum absolute atomic E-state index is 0.00344. The summed E-state index contributed by atoms with van der Waals surface area (Å²) in [5.74, 6) is -5.03. The highest BCUT2D eigenvalue weighted by molar-refractivity contribution is 6.02. The number of nitrogens with zero attached hydrogens (tertiary/aromatic N) is 2. The molecular formula is C69H90N14O13. The molecular weight excluding hydrogens is 1230 g/mol. The number of aliphatic hydroxyl groups is 1. The van der Waals surface area contributed by atoms with Crippen LogP contribution in [0.3, 0.4) is 0 Å². The molecule has 1 fully saturated rings. The largest absolute Gasteiger partial charge is 0.481 e. The number of carbonyl (C=O) groups excluding carboxylic acids is 10. The summed E-state index contributed by atoms with van der Waals surface area (Å²) in [5.41, 5.74) is 19.2. The van der Waals surface area contributed by atoms with Crippen molar-refractivity contribution in [3.63, 3.8) is 0 Å². The standard InChI is InChI=1S/C69H90N14O13/c1-5-42(4)58-67(95)76-50(28-17-33-73-69(71)72)59(87)75-49(27-14-15-32-70)60(88)81-55(40-84)65(93)74-47-25-16-23-45(36-47)30-31-46-24-12-13-26-48(46)68(96)83-34-18-29-56(83)66(94)80-52(37-43-19-8-6-9-20-43)62(90)79-54(39-57(85)86)63(91)77-51(35-41(2)3)61(89)78-53(64(92)82-58)38-44-21-10-7-11-22-44/h6-13,16,19-26,36,41-42,49-56,58,84H,5,14-15,17-18,27-29,32-35,37-40,70H2,1-4H3,(H,74,93)(H,75,87)(H,76,95)(H,77,91)(H,78,89)(H,79,90)(H,80,94)(H,81,88)(H,82,92)(H,85,86)(H4,71,72,73)/t42-,49-,50-,51-,52-,53-,54-,55-,56-,58-/m0/s1. The number of hydrogen-bond acceptors (Lipinski definition) is 14. The van der Waals surface area contributed by atoms with Gasteiger partial charge in [-0.25, -0.2) is 0 Å². The Hall–Kier alpha value is -10.2. The third-order valence-electron chi connectivity index (χ3n) is 16.4. The van der Waals surface area contributed by atoms with Crippen LogP contribution in [0.4, 0.5) is 5.69 Å². The summed E-state index contributed by atoms with van der Waals surface area (Å²) in [6, 6.07) is 17.0. The van der Waals surface area contributed by atoms with Gasteiger partial charge in [-0.05, 0) is 111 Å². The fourth-order valence-corrected chi connectivity index (χ4v) is 11.0. The van der Waals surface area contributed by atoms with E-state index < -0.39 is 138 Å². The summed E-state index contributed by atoms with van der Waals surface area (Å²) < 4.78 is 0. The number of nitrogens with one attached hydrogen (secondary N) is 9. The first-order valence-corrected chi connectivity index (χ1v) is 32.4. The number of aliphatic hydroxyl groups excluding tert-OH is 1. The number of anilines is 1. The Morgan fingerprint density at radius 1 is 0.594 bits per heavy atom. The highest BCUT2D eigenvalue weighted by Crippen LogP contribution is 2.24. The molecule has 0 radical (unpaired) electrons. The molecule has 2 heterocycles. The first-order chi connectivity index (χ1) is 46.0. The zero-order valence-electron chi connectivity index (χ0n) is 54.6. The van der Waals surface area contributed by atoms with Gasteiger partial charge in [-0.3, -0.25) is 57.7 Å². The number of rotatable bonds is 19. The minimum atomic E-state index is -1.83. The fourth-order valence-electron chi connectivity index (χ4n) is 11.0. The Kier molecular flexibility index (Phi) is 29.3. The minimum Gasteiger partial charge on any atom is -0.481 e. The number of hydrogen-bond donors (Lipinski definition) is 14. The van der Waals surface area contributed by atoms with E-state index in [2.05, 4.69) is 64.7 Å². The highest BCUT2D eigenvalue weighted by atomic mass is 16.4.